The molecule has 0 aromatic heterocycles. The van der Waals surface area contributed by atoms with Crippen LogP contribution in [-0.4, -0.2) is 7.11 Å². The minimum absolute atomic E-state index is 0.864. The van der Waals surface area contributed by atoms with Crippen molar-refractivity contribution < 1.29 is 4.74 Å². The number of methoxy groups -OCH3 is 1. The molecule has 1 heteroatoms. The normalized spacial score (nSPS) is 8.77. The topological polar surface area (TPSA) is 9.23 Å². The fraction of sp³-hybridized carbons (Fsp3) is 0.333. The zero-order valence-corrected chi connectivity index (χ0v) is 8.13. The monoisotopic (exact) mass is 174 g/mol. The van der Waals surface area contributed by atoms with Crippen LogP contribution in [0.25, 0.3) is 0 Å². The molecule has 1 aromatic carbocycles. The maximum Gasteiger partial charge on any atom is 0.120 e. The third-order valence-corrected chi connectivity index (χ3v) is 1.68. The lowest BCUT2D eigenvalue weighted by Crippen LogP contribution is -1.82. The van der Waals surface area contributed by atoms with Crippen molar-refractivity contribution in [2.24, 2.45) is 0 Å². The van der Waals surface area contributed by atoms with Crippen LogP contribution < -0.4 is 4.74 Å². The lowest BCUT2D eigenvalue weighted by molar-refractivity contribution is 0.414. The van der Waals surface area contributed by atoms with Crippen molar-refractivity contribution >= 4 is 0 Å². The summed E-state index contributed by atoms with van der Waals surface area (Å²) in [7, 11) is 1.67. The van der Waals surface area contributed by atoms with Crippen molar-refractivity contribution in [3.63, 3.8) is 0 Å². The van der Waals surface area contributed by atoms with Gasteiger partial charge in [0.15, 0.2) is 0 Å². The zero-order valence-electron chi connectivity index (χ0n) is 8.13. The Morgan fingerprint density at radius 1 is 1.38 bits per heavy atom. The van der Waals surface area contributed by atoms with Crippen molar-refractivity contribution in [2.45, 2.75) is 19.8 Å². The number of rotatable bonds is 2. The summed E-state index contributed by atoms with van der Waals surface area (Å²) in [6.45, 7) is 2.13. The Labute approximate surface area is 79.7 Å². The maximum atomic E-state index is 5.09. The molecule has 0 heterocycles. The van der Waals surface area contributed by atoms with E-state index in [0.29, 0.717) is 0 Å². The molecule has 0 aliphatic heterocycles. The van der Waals surface area contributed by atoms with Crippen LogP contribution in [0, 0.1) is 11.8 Å². The average Bonchev–Trinajstić information content (AvgIpc) is 2.19. The van der Waals surface area contributed by atoms with E-state index in [1.165, 1.54) is 0 Å². The van der Waals surface area contributed by atoms with E-state index < -0.39 is 0 Å². The Kier molecular flexibility index (Phi) is 3.92. The van der Waals surface area contributed by atoms with Gasteiger partial charge in [-0.1, -0.05) is 24.8 Å². The minimum atomic E-state index is 0.864. The molecule has 68 valence electrons. The molecule has 0 aliphatic rings. The third-order valence-electron chi connectivity index (χ3n) is 1.68. The van der Waals surface area contributed by atoms with E-state index in [4.69, 9.17) is 4.74 Å². The van der Waals surface area contributed by atoms with E-state index in [9.17, 15) is 0 Å². The molecule has 0 aliphatic carbocycles. The highest BCUT2D eigenvalue weighted by Crippen LogP contribution is 2.11. The number of benzene rings is 1. The molecule has 0 amide bonds. The Hall–Kier alpha value is -1.42. The first-order valence-electron chi connectivity index (χ1n) is 4.49. The fourth-order valence-corrected chi connectivity index (χ4v) is 0.990. The predicted octanol–water partition coefficient (Wildman–Crippen LogP) is 2.85. The summed E-state index contributed by atoms with van der Waals surface area (Å²) in [6, 6.07) is 7.81. The quantitative estimate of drug-likeness (QED) is 0.626. The van der Waals surface area contributed by atoms with Gasteiger partial charge in [0, 0.05) is 12.0 Å². The average molecular weight is 174 g/mol. The lowest BCUT2D eigenvalue weighted by Gasteiger charge is -1.97. The maximum absolute atomic E-state index is 5.09. The second-order valence-electron chi connectivity index (χ2n) is 2.78. The van der Waals surface area contributed by atoms with Gasteiger partial charge in [-0.05, 0) is 24.6 Å². The van der Waals surface area contributed by atoms with Crippen LogP contribution >= 0.6 is 0 Å². The fourth-order valence-electron chi connectivity index (χ4n) is 0.990. The van der Waals surface area contributed by atoms with Crippen LogP contribution in [0.2, 0.25) is 0 Å². The van der Waals surface area contributed by atoms with Gasteiger partial charge in [0.25, 0.3) is 0 Å². The molecule has 1 aromatic rings. The van der Waals surface area contributed by atoms with Gasteiger partial charge in [-0.3, -0.25) is 0 Å². The molecule has 0 unspecified atom stereocenters. The van der Waals surface area contributed by atoms with Crippen molar-refractivity contribution in [1.82, 2.24) is 0 Å². The van der Waals surface area contributed by atoms with Crippen molar-refractivity contribution in [2.75, 3.05) is 7.11 Å². The smallest absolute Gasteiger partial charge is 0.120 e. The highest BCUT2D eigenvalue weighted by Gasteiger charge is 1.90. The largest absolute Gasteiger partial charge is 0.497 e. The Balaban J connectivity index is 2.73. The summed E-state index contributed by atoms with van der Waals surface area (Å²) in [5.41, 5.74) is 1.02. The van der Waals surface area contributed by atoms with Crippen LogP contribution in [0.3, 0.4) is 0 Å². The van der Waals surface area contributed by atoms with Crippen LogP contribution in [0.15, 0.2) is 24.3 Å². The van der Waals surface area contributed by atoms with Crippen LogP contribution in [0.4, 0.5) is 0 Å². The van der Waals surface area contributed by atoms with Gasteiger partial charge in [0.05, 0.1) is 7.11 Å². The molecule has 0 N–H and O–H groups in total. The molecular weight excluding hydrogens is 160 g/mol. The zero-order chi connectivity index (χ0) is 9.52. The molecule has 0 radical (unpaired) electrons. The predicted molar refractivity (Wildman–Crippen MR) is 54.8 cm³/mol. The van der Waals surface area contributed by atoms with Gasteiger partial charge in [-0.2, -0.15) is 0 Å². The van der Waals surface area contributed by atoms with Crippen molar-refractivity contribution in [3.05, 3.63) is 29.8 Å². The molecule has 1 nitrogen and oxygen atoms in total. The van der Waals surface area contributed by atoms with E-state index >= 15 is 0 Å². The second-order valence-corrected chi connectivity index (χ2v) is 2.78. The van der Waals surface area contributed by atoms with Crippen LogP contribution in [-0.2, 0) is 0 Å². The van der Waals surface area contributed by atoms with Gasteiger partial charge < -0.3 is 4.74 Å². The molecule has 0 spiro atoms. The van der Waals surface area contributed by atoms with Gasteiger partial charge in [-0.15, -0.1) is 0 Å². The standard InChI is InChI=1S/C12H14O/c1-3-4-5-7-11-8-6-9-12(10-11)13-2/h6,8-10H,3-4H2,1-2H3. The molecule has 0 atom stereocenters. The summed E-state index contributed by atoms with van der Waals surface area (Å²) in [5, 5.41) is 0. The van der Waals surface area contributed by atoms with Crippen LogP contribution in [0.1, 0.15) is 25.3 Å². The summed E-state index contributed by atoms with van der Waals surface area (Å²) >= 11 is 0. The summed E-state index contributed by atoms with van der Waals surface area (Å²) in [5.74, 6) is 7.05. The molecule has 0 bridgehead atoms. The van der Waals surface area contributed by atoms with E-state index in [1.807, 2.05) is 24.3 Å². The third kappa shape index (κ3) is 3.21. The highest BCUT2D eigenvalue weighted by molar-refractivity contribution is 5.39. The van der Waals surface area contributed by atoms with E-state index in [2.05, 4.69) is 18.8 Å². The Morgan fingerprint density at radius 2 is 2.23 bits per heavy atom. The van der Waals surface area contributed by atoms with Crippen molar-refractivity contribution in [1.29, 1.82) is 0 Å². The van der Waals surface area contributed by atoms with Crippen LogP contribution in [0.5, 0.6) is 5.75 Å². The summed E-state index contributed by atoms with van der Waals surface area (Å²) in [6.07, 6.45) is 2.06. The summed E-state index contributed by atoms with van der Waals surface area (Å²) in [4.78, 5) is 0. The van der Waals surface area contributed by atoms with Gasteiger partial charge in [0.2, 0.25) is 0 Å². The first-order valence-corrected chi connectivity index (χ1v) is 4.49. The SMILES string of the molecule is CCCC#Cc1cccc(OC)c1. The van der Waals surface area contributed by atoms with E-state index in [1.54, 1.807) is 7.11 Å². The number of ether oxygens (including phenoxy) is 1. The Morgan fingerprint density at radius 3 is 2.92 bits per heavy atom. The first-order chi connectivity index (χ1) is 6.36. The first kappa shape index (κ1) is 9.67. The number of unbranched alkanes of at least 4 members (excludes halogenated alkanes) is 1. The van der Waals surface area contributed by atoms with Gasteiger partial charge >= 0.3 is 0 Å². The number of hydrogen-bond donors (Lipinski definition) is 0. The van der Waals surface area contributed by atoms with E-state index in [-0.39, 0.29) is 0 Å². The Bertz CT molecular complexity index is 317. The van der Waals surface area contributed by atoms with E-state index in [0.717, 1.165) is 24.2 Å². The summed E-state index contributed by atoms with van der Waals surface area (Å²) < 4.78 is 5.09. The van der Waals surface area contributed by atoms with Gasteiger partial charge in [-0.25, -0.2) is 0 Å². The van der Waals surface area contributed by atoms with Gasteiger partial charge in [0.1, 0.15) is 5.75 Å². The second kappa shape index (κ2) is 5.27. The molecule has 0 saturated heterocycles. The molecule has 0 saturated carbocycles. The molecule has 13 heavy (non-hydrogen) atoms. The lowest BCUT2D eigenvalue weighted by atomic mass is 10.2. The van der Waals surface area contributed by atoms with Crippen molar-refractivity contribution in [3.8, 4) is 17.6 Å². The minimum Gasteiger partial charge on any atom is -0.497 e. The molecule has 0 fully saturated rings. The number of hydrogen-bond acceptors (Lipinski definition) is 1. The molecular formula is C12H14O. The molecule has 1 rings (SSSR count). The highest BCUT2D eigenvalue weighted by atomic mass is 16.5.